The molecule has 120 valence electrons. The summed E-state index contributed by atoms with van der Waals surface area (Å²) in [6.45, 7) is 3.95. The highest BCUT2D eigenvalue weighted by Crippen LogP contribution is 2.28. The number of aliphatic hydroxyl groups excluding tert-OH is 1. The second-order valence-corrected chi connectivity index (χ2v) is 6.43. The van der Waals surface area contributed by atoms with Crippen LogP contribution in [0.5, 0.6) is 0 Å². The number of amides is 1. The van der Waals surface area contributed by atoms with Crippen LogP contribution >= 0.6 is 0 Å². The fraction of sp³-hybridized carbons (Fsp3) is 0.588. The van der Waals surface area contributed by atoms with Crippen LogP contribution in [0.25, 0.3) is 0 Å². The molecule has 2 saturated heterocycles. The van der Waals surface area contributed by atoms with Crippen LogP contribution in [0.1, 0.15) is 26.2 Å². The van der Waals surface area contributed by atoms with Gasteiger partial charge in [0.25, 0.3) is 0 Å². The van der Waals surface area contributed by atoms with Gasteiger partial charge in [-0.05, 0) is 43.9 Å². The van der Waals surface area contributed by atoms with Crippen LogP contribution < -0.4 is 4.90 Å². The van der Waals surface area contributed by atoms with Gasteiger partial charge in [-0.25, -0.2) is 4.39 Å². The lowest BCUT2D eigenvalue weighted by molar-refractivity contribution is -0.127. The lowest BCUT2D eigenvalue weighted by Crippen LogP contribution is -2.57. The van der Waals surface area contributed by atoms with Crippen molar-refractivity contribution in [3.63, 3.8) is 0 Å². The lowest BCUT2D eigenvalue weighted by Gasteiger charge is -2.42. The van der Waals surface area contributed by atoms with E-state index in [9.17, 15) is 14.3 Å². The summed E-state index contributed by atoms with van der Waals surface area (Å²) in [6.07, 6.45) is 2.15. The van der Waals surface area contributed by atoms with E-state index < -0.39 is 0 Å². The second-order valence-electron chi connectivity index (χ2n) is 6.43. The van der Waals surface area contributed by atoms with Crippen molar-refractivity contribution in [3.8, 4) is 0 Å². The van der Waals surface area contributed by atoms with Crippen molar-refractivity contribution < 1.29 is 14.3 Å². The number of para-hydroxylation sites is 1. The lowest BCUT2D eigenvalue weighted by atomic mass is 9.92. The predicted molar refractivity (Wildman–Crippen MR) is 83.1 cm³/mol. The van der Waals surface area contributed by atoms with E-state index in [1.807, 2.05) is 6.92 Å². The van der Waals surface area contributed by atoms with Gasteiger partial charge in [-0.15, -0.1) is 0 Å². The quantitative estimate of drug-likeness (QED) is 0.909. The Balaban J connectivity index is 1.77. The zero-order valence-electron chi connectivity index (χ0n) is 12.9. The van der Waals surface area contributed by atoms with Crippen molar-refractivity contribution in [2.75, 3.05) is 24.5 Å². The Morgan fingerprint density at radius 3 is 2.73 bits per heavy atom. The van der Waals surface area contributed by atoms with Crippen molar-refractivity contribution in [1.29, 1.82) is 0 Å². The van der Waals surface area contributed by atoms with E-state index in [2.05, 4.69) is 4.90 Å². The first-order valence-corrected chi connectivity index (χ1v) is 8.06. The highest BCUT2D eigenvalue weighted by molar-refractivity contribution is 5.98. The molecule has 0 bridgehead atoms. The third-order valence-corrected chi connectivity index (χ3v) is 4.94. The molecule has 3 unspecified atom stereocenters. The Labute approximate surface area is 130 Å². The number of carbonyl (C=O) groups excluding carboxylic acids is 1. The Morgan fingerprint density at radius 2 is 2.00 bits per heavy atom. The van der Waals surface area contributed by atoms with Gasteiger partial charge in [0.2, 0.25) is 5.91 Å². The third kappa shape index (κ3) is 2.88. The first-order valence-electron chi connectivity index (χ1n) is 8.06. The molecular formula is C17H23FN2O2. The number of hydrogen-bond acceptors (Lipinski definition) is 3. The topological polar surface area (TPSA) is 43.8 Å². The first kappa shape index (κ1) is 15.4. The van der Waals surface area contributed by atoms with Gasteiger partial charge in [0.1, 0.15) is 5.82 Å². The van der Waals surface area contributed by atoms with Crippen LogP contribution in [-0.2, 0) is 4.79 Å². The number of β-amino-alcohol motifs (C(OH)–C–C–N with tert-alkyl or cyclic N) is 1. The Kier molecular flexibility index (Phi) is 4.45. The van der Waals surface area contributed by atoms with E-state index >= 15 is 0 Å². The number of rotatable bonds is 2. The van der Waals surface area contributed by atoms with Gasteiger partial charge in [0, 0.05) is 13.1 Å². The van der Waals surface area contributed by atoms with E-state index in [0.717, 1.165) is 25.8 Å². The largest absolute Gasteiger partial charge is 0.392 e. The number of nitrogens with zero attached hydrogens (tertiary/aromatic N) is 2. The Hall–Kier alpha value is -1.46. The molecule has 0 radical (unpaired) electrons. The normalized spacial score (nSPS) is 30.6. The molecule has 1 amide bonds. The summed E-state index contributed by atoms with van der Waals surface area (Å²) < 4.78 is 14.0. The molecule has 0 spiro atoms. The fourth-order valence-electron chi connectivity index (χ4n) is 3.46. The number of hydrogen-bond donors (Lipinski definition) is 1. The van der Waals surface area contributed by atoms with Crippen LogP contribution in [0.4, 0.5) is 10.1 Å². The third-order valence-electron chi connectivity index (χ3n) is 4.94. The Bertz CT molecular complexity index is 551. The summed E-state index contributed by atoms with van der Waals surface area (Å²) in [6, 6.07) is 6.19. The van der Waals surface area contributed by atoms with Gasteiger partial charge < -0.3 is 10.0 Å². The summed E-state index contributed by atoms with van der Waals surface area (Å²) in [7, 11) is 0. The molecule has 3 rings (SSSR count). The predicted octanol–water partition coefficient (Wildman–Crippen LogP) is 2.02. The van der Waals surface area contributed by atoms with E-state index in [1.54, 1.807) is 23.1 Å². The number of piperidine rings is 2. The fourth-order valence-corrected chi connectivity index (χ4v) is 3.46. The zero-order valence-corrected chi connectivity index (χ0v) is 12.9. The van der Waals surface area contributed by atoms with Crippen LogP contribution in [0.15, 0.2) is 24.3 Å². The molecular weight excluding hydrogens is 283 g/mol. The van der Waals surface area contributed by atoms with E-state index in [0.29, 0.717) is 18.8 Å². The Morgan fingerprint density at radius 1 is 1.23 bits per heavy atom. The molecule has 22 heavy (non-hydrogen) atoms. The summed E-state index contributed by atoms with van der Waals surface area (Å²) in [5, 5.41) is 10.1. The number of likely N-dealkylation sites (tertiary alicyclic amines) is 1. The van der Waals surface area contributed by atoms with Crippen LogP contribution in [0, 0.1) is 11.7 Å². The van der Waals surface area contributed by atoms with Crippen LogP contribution in [-0.4, -0.2) is 47.7 Å². The van der Waals surface area contributed by atoms with Crippen molar-refractivity contribution >= 4 is 11.6 Å². The van der Waals surface area contributed by atoms with Gasteiger partial charge in [-0.3, -0.25) is 9.69 Å². The minimum Gasteiger partial charge on any atom is -0.392 e. The van der Waals surface area contributed by atoms with Gasteiger partial charge in [-0.1, -0.05) is 19.1 Å². The molecule has 2 aliphatic heterocycles. The second kappa shape index (κ2) is 6.34. The number of benzene rings is 1. The number of anilines is 1. The van der Waals surface area contributed by atoms with Crippen molar-refractivity contribution in [3.05, 3.63) is 30.1 Å². The zero-order chi connectivity index (χ0) is 15.7. The van der Waals surface area contributed by atoms with Gasteiger partial charge in [0.05, 0.1) is 17.8 Å². The van der Waals surface area contributed by atoms with Gasteiger partial charge in [-0.2, -0.15) is 0 Å². The maximum absolute atomic E-state index is 14.0. The molecule has 2 heterocycles. The minimum atomic E-state index is -0.384. The summed E-state index contributed by atoms with van der Waals surface area (Å²) in [4.78, 5) is 16.4. The molecule has 3 atom stereocenters. The van der Waals surface area contributed by atoms with Crippen LogP contribution in [0.2, 0.25) is 0 Å². The molecule has 0 aliphatic carbocycles. The molecule has 1 aromatic rings. The minimum absolute atomic E-state index is 0.0434. The standard InChI is InChI=1S/C17H23FN2O2/c1-12-8-10-19(11-16(12)21)15-7-4-9-20(17(15)22)14-6-3-2-5-13(14)18/h2-3,5-6,12,15-16,21H,4,7-11H2,1H3. The maximum atomic E-state index is 14.0. The molecule has 5 heteroatoms. The van der Waals surface area contributed by atoms with Crippen molar-refractivity contribution in [2.45, 2.75) is 38.3 Å². The van der Waals surface area contributed by atoms with E-state index in [1.165, 1.54) is 6.07 Å². The molecule has 0 aromatic heterocycles. The molecule has 1 N–H and O–H groups in total. The molecule has 1 aromatic carbocycles. The van der Waals surface area contributed by atoms with Crippen LogP contribution in [0.3, 0.4) is 0 Å². The average molecular weight is 306 g/mol. The van der Waals surface area contributed by atoms with Crippen molar-refractivity contribution in [2.24, 2.45) is 5.92 Å². The highest BCUT2D eigenvalue weighted by atomic mass is 19.1. The van der Waals surface area contributed by atoms with E-state index in [4.69, 9.17) is 0 Å². The summed E-state index contributed by atoms with van der Waals surface area (Å²) in [5.74, 6) is -0.125. The van der Waals surface area contributed by atoms with Crippen molar-refractivity contribution in [1.82, 2.24) is 4.90 Å². The SMILES string of the molecule is CC1CCN(C2CCCN(c3ccccc3F)C2=O)CC1O. The molecule has 0 saturated carbocycles. The van der Waals surface area contributed by atoms with Gasteiger partial charge in [0.15, 0.2) is 0 Å². The monoisotopic (exact) mass is 306 g/mol. The summed E-state index contributed by atoms with van der Waals surface area (Å²) in [5.41, 5.74) is 0.364. The number of halogens is 1. The first-order chi connectivity index (χ1) is 10.6. The van der Waals surface area contributed by atoms with E-state index in [-0.39, 0.29) is 29.8 Å². The number of aliphatic hydroxyl groups is 1. The number of carbonyl (C=O) groups is 1. The average Bonchev–Trinajstić information content (AvgIpc) is 2.51. The van der Waals surface area contributed by atoms with Gasteiger partial charge >= 0.3 is 0 Å². The summed E-state index contributed by atoms with van der Waals surface area (Å²) >= 11 is 0. The molecule has 2 aliphatic rings. The molecule has 2 fully saturated rings. The maximum Gasteiger partial charge on any atom is 0.244 e. The molecule has 4 nitrogen and oxygen atoms in total. The highest BCUT2D eigenvalue weighted by Gasteiger charge is 2.37. The smallest absolute Gasteiger partial charge is 0.244 e.